The molecule has 0 aliphatic carbocycles. The lowest BCUT2D eigenvalue weighted by Gasteiger charge is -2.29. The molecular formula is C11H20N4OS. The highest BCUT2D eigenvalue weighted by molar-refractivity contribution is 7.15. The Morgan fingerprint density at radius 1 is 1.53 bits per heavy atom. The van der Waals surface area contributed by atoms with Crippen LogP contribution in [0.5, 0.6) is 0 Å². The van der Waals surface area contributed by atoms with Crippen LogP contribution in [0.1, 0.15) is 18.4 Å². The van der Waals surface area contributed by atoms with Crippen LogP contribution in [0.15, 0.2) is 0 Å². The summed E-state index contributed by atoms with van der Waals surface area (Å²) < 4.78 is 5.68. The Hall–Kier alpha value is -0.720. The molecule has 1 aliphatic rings. The van der Waals surface area contributed by atoms with E-state index in [1.165, 1.54) is 0 Å². The molecule has 96 valence electrons. The first-order chi connectivity index (χ1) is 8.28. The van der Waals surface area contributed by atoms with E-state index in [4.69, 9.17) is 4.74 Å². The highest BCUT2D eigenvalue weighted by Crippen LogP contribution is 2.16. The van der Waals surface area contributed by atoms with Crippen molar-refractivity contribution in [2.75, 3.05) is 38.6 Å². The molecule has 2 rings (SSSR count). The van der Waals surface area contributed by atoms with E-state index in [-0.39, 0.29) is 6.10 Å². The van der Waals surface area contributed by atoms with Crippen LogP contribution < -0.4 is 5.32 Å². The van der Waals surface area contributed by atoms with E-state index in [9.17, 15) is 0 Å². The SMILES string of the molecule is CCCc1nnc(NC[C@H]2CN(C)CCO2)s1. The van der Waals surface area contributed by atoms with Gasteiger partial charge in [0, 0.05) is 26.1 Å². The third-order valence-corrected chi connectivity index (χ3v) is 3.69. The Kier molecular flexibility index (Phi) is 4.70. The van der Waals surface area contributed by atoms with Gasteiger partial charge in [-0.15, -0.1) is 10.2 Å². The average molecular weight is 256 g/mol. The number of hydrogen-bond donors (Lipinski definition) is 1. The van der Waals surface area contributed by atoms with Crippen LogP contribution >= 0.6 is 11.3 Å². The summed E-state index contributed by atoms with van der Waals surface area (Å²) in [6.45, 7) is 5.79. The van der Waals surface area contributed by atoms with Crippen LogP contribution in [0, 0.1) is 0 Å². The van der Waals surface area contributed by atoms with E-state index >= 15 is 0 Å². The van der Waals surface area contributed by atoms with E-state index in [0.717, 1.165) is 49.2 Å². The molecule has 0 aromatic carbocycles. The first kappa shape index (κ1) is 12.7. The third-order valence-electron chi connectivity index (χ3n) is 2.75. The largest absolute Gasteiger partial charge is 0.374 e. The smallest absolute Gasteiger partial charge is 0.205 e. The van der Waals surface area contributed by atoms with Crippen molar-refractivity contribution >= 4 is 16.5 Å². The lowest BCUT2D eigenvalue weighted by atomic mass is 10.3. The molecule has 0 spiro atoms. The number of aryl methyl sites for hydroxylation is 1. The molecule has 1 fully saturated rings. The van der Waals surface area contributed by atoms with Gasteiger partial charge in [0.15, 0.2) is 0 Å². The second kappa shape index (κ2) is 6.28. The molecule has 1 aromatic rings. The third kappa shape index (κ3) is 3.90. The molecule has 5 nitrogen and oxygen atoms in total. The Balaban J connectivity index is 1.76. The summed E-state index contributed by atoms with van der Waals surface area (Å²) in [6, 6.07) is 0. The fraction of sp³-hybridized carbons (Fsp3) is 0.818. The van der Waals surface area contributed by atoms with E-state index in [2.05, 4.69) is 34.4 Å². The highest BCUT2D eigenvalue weighted by atomic mass is 32.1. The van der Waals surface area contributed by atoms with Gasteiger partial charge in [-0.1, -0.05) is 18.3 Å². The molecule has 1 saturated heterocycles. The summed E-state index contributed by atoms with van der Waals surface area (Å²) in [4.78, 5) is 2.29. The number of nitrogens with one attached hydrogen (secondary N) is 1. The van der Waals surface area contributed by atoms with Crippen molar-refractivity contribution in [2.45, 2.75) is 25.9 Å². The van der Waals surface area contributed by atoms with Crippen molar-refractivity contribution < 1.29 is 4.74 Å². The summed E-state index contributed by atoms with van der Waals surface area (Å²) in [5.41, 5.74) is 0. The molecular weight excluding hydrogens is 236 g/mol. The Morgan fingerprint density at radius 3 is 3.18 bits per heavy atom. The van der Waals surface area contributed by atoms with Gasteiger partial charge in [-0.25, -0.2) is 0 Å². The molecule has 0 radical (unpaired) electrons. The number of nitrogens with zero attached hydrogens (tertiary/aromatic N) is 3. The molecule has 0 amide bonds. The lowest BCUT2D eigenvalue weighted by Crippen LogP contribution is -2.43. The van der Waals surface area contributed by atoms with E-state index < -0.39 is 0 Å². The number of anilines is 1. The quantitative estimate of drug-likeness (QED) is 0.859. The van der Waals surface area contributed by atoms with E-state index in [1.807, 2.05) is 0 Å². The van der Waals surface area contributed by atoms with Gasteiger partial charge >= 0.3 is 0 Å². The zero-order valence-electron chi connectivity index (χ0n) is 10.5. The fourth-order valence-corrected chi connectivity index (χ4v) is 2.68. The van der Waals surface area contributed by atoms with Crippen LogP contribution in [0.4, 0.5) is 5.13 Å². The van der Waals surface area contributed by atoms with Gasteiger partial charge in [0.2, 0.25) is 5.13 Å². The lowest BCUT2D eigenvalue weighted by molar-refractivity contribution is -0.0117. The zero-order valence-corrected chi connectivity index (χ0v) is 11.3. The summed E-state index contributed by atoms with van der Waals surface area (Å²) in [7, 11) is 2.12. The van der Waals surface area contributed by atoms with Gasteiger partial charge < -0.3 is 15.0 Å². The number of likely N-dealkylation sites (N-methyl/N-ethyl adjacent to an activating group) is 1. The van der Waals surface area contributed by atoms with Crippen LogP contribution in [-0.4, -0.2) is 54.5 Å². The van der Waals surface area contributed by atoms with Crippen LogP contribution in [0.2, 0.25) is 0 Å². The maximum atomic E-state index is 5.68. The molecule has 2 heterocycles. The number of hydrogen-bond acceptors (Lipinski definition) is 6. The molecule has 17 heavy (non-hydrogen) atoms. The van der Waals surface area contributed by atoms with Crippen molar-refractivity contribution in [1.82, 2.24) is 15.1 Å². The summed E-state index contributed by atoms with van der Waals surface area (Å²) in [5.74, 6) is 0. The summed E-state index contributed by atoms with van der Waals surface area (Å²) in [5, 5.41) is 13.6. The maximum Gasteiger partial charge on any atom is 0.205 e. The topological polar surface area (TPSA) is 50.3 Å². The first-order valence-corrected chi connectivity index (χ1v) is 6.96. The summed E-state index contributed by atoms with van der Waals surface area (Å²) in [6.07, 6.45) is 2.39. The zero-order chi connectivity index (χ0) is 12.1. The first-order valence-electron chi connectivity index (χ1n) is 6.14. The number of rotatable bonds is 5. The number of morpholine rings is 1. The maximum absolute atomic E-state index is 5.68. The highest BCUT2D eigenvalue weighted by Gasteiger charge is 2.17. The average Bonchev–Trinajstić information content (AvgIpc) is 2.75. The number of ether oxygens (including phenoxy) is 1. The monoisotopic (exact) mass is 256 g/mol. The predicted octanol–water partition coefficient (Wildman–Crippen LogP) is 1.23. The Bertz CT molecular complexity index is 344. The van der Waals surface area contributed by atoms with Crippen molar-refractivity contribution in [2.24, 2.45) is 0 Å². The minimum absolute atomic E-state index is 0.257. The Morgan fingerprint density at radius 2 is 2.41 bits per heavy atom. The van der Waals surface area contributed by atoms with Crippen LogP contribution in [0.25, 0.3) is 0 Å². The van der Waals surface area contributed by atoms with Crippen molar-refractivity contribution in [1.29, 1.82) is 0 Å². The van der Waals surface area contributed by atoms with Crippen LogP contribution in [0.3, 0.4) is 0 Å². The molecule has 1 atom stereocenters. The standard InChI is InChI=1S/C11H20N4OS/c1-3-4-10-13-14-11(17-10)12-7-9-8-15(2)5-6-16-9/h9H,3-8H2,1-2H3,(H,12,14)/t9-/m0/s1. The number of aromatic nitrogens is 2. The van der Waals surface area contributed by atoms with Gasteiger partial charge in [-0.3, -0.25) is 0 Å². The van der Waals surface area contributed by atoms with E-state index in [1.54, 1.807) is 11.3 Å². The molecule has 1 aliphatic heterocycles. The molecule has 6 heteroatoms. The molecule has 0 bridgehead atoms. The molecule has 0 saturated carbocycles. The Labute approximate surface area is 106 Å². The summed E-state index contributed by atoms with van der Waals surface area (Å²) >= 11 is 1.64. The minimum atomic E-state index is 0.257. The molecule has 0 unspecified atom stereocenters. The van der Waals surface area contributed by atoms with Gasteiger partial charge in [0.05, 0.1) is 12.7 Å². The van der Waals surface area contributed by atoms with Crippen molar-refractivity contribution in [3.63, 3.8) is 0 Å². The van der Waals surface area contributed by atoms with Gasteiger partial charge in [0.25, 0.3) is 0 Å². The minimum Gasteiger partial charge on any atom is -0.374 e. The van der Waals surface area contributed by atoms with Crippen molar-refractivity contribution in [3.05, 3.63) is 5.01 Å². The van der Waals surface area contributed by atoms with Gasteiger partial charge in [-0.2, -0.15) is 0 Å². The normalized spacial score (nSPS) is 21.6. The molecule has 1 N–H and O–H groups in total. The van der Waals surface area contributed by atoms with Gasteiger partial charge in [0.1, 0.15) is 5.01 Å². The second-order valence-corrected chi connectivity index (χ2v) is 5.45. The fourth-order valence-electron chi connectivity index (χ4n) is 1.83. The van der Waals surface area contributed by atoms with Crippen molar-refractivity contribution in [3.8, 4) is 0 Å². The van der Waals surface area contributed by atoms with Gasteiger partial charge in [-0.05, 0) is 13.5 Å². The second-order valence-electron chi connectivity index (χ2n) is 4.39. The van der Waals surface area contributed by atoms with E-state index in [0.29, 0.717) is 0 Å². The van der Waals surface area contributed by atoms with Crippen LogP contribution in [-0.2, 0) is 11.2 Å². The predicted molar refractivity (Wildman–Crippen MR) is 69.6 cm³/mol. The molecule has 1 aromatic heterocycles.